The van der Waals surface area contributed by atoms with Crippen molar-refractivity contribution in [2.45, 2.75) is 13.0 Å². The second-order valence-corrected chi connectivity index (χ2v) is 3.37. The van der Waals surface area contributed by atoms with Gasteiger partial charge in [-0.1, -0.05) is 17.7 Å². The highest BCUT2D eigenvalue weighted by atomic mass is 35.5. The molecule has 13 heavy (non-hydrogen) atoms. The number of hydrogen-bond acceptors (Lipinski definition) is 2. The van der Waals surface area contributed by atoms with Crippen LogP contribution in [0.2, 0.25) is 5.02 Å². The van der Waals surface area contributed by atoms with Crippen LogP contribution < -0.4 is 5.32 Å². The van der Waals surface area contributed by atoms with Crippen LogP contribution in [0.3, 0.4) is 0 Å². The lowest BCUT2D eigenvalue weighted by atomic mass is 10.3. The zero-order chi connectivity index (χ0) is 9.68. The highest BCUT2D eigenvalue weighted by Crippen LogP contribution is 2.14. The molecule has 1 rings (SSSR count). The summed E-state index contributed by atoms with van der Waals surface area (Å²) in [5.74, 6) is 0. The van der Waals surface area contributed by atoms with Gasteiger partial charge < -0.3 is 10.1 Å². The van der Waals surface area contributed by atoms with Crippen molar-refractivity contribution in [1.29, 1.82) is 0 Å². The number of benzene rings is 1. The van der Waals surface area contributed by atoms with Crippen LogP contribution in [-0.4, -0.2) is 19.8 Å². The summed E-state index contributed by atoms with van der Waals surface area (Å²) in [5.41, 5.74) is 1.02. The number of ether oxygens (including phenoxy) is 1. The maximum Gasteiger partial charge on any atom is 0.0715 e. The molecule has 0 aliphatic heterocycles. The first-order valence-corrected chi connectivity index (χ1v) is 4.62. The van der Waals surface area contributed by atoms with E-state index >= 15 is 0 Å². The van der Waals surface area contributed by atoms with Crippen molar-refractivity contribution in [3.05, 3.63) is 29.3 Å². The Kier molecular flexibility index (Phi) is 4.06. The fourth-order valence-corrected chi connectivity index (χ4v) is 1.13. The van der Waals surface area contributed by atoms with Crippen LogP contribution in [0, 0.1) is 0 Å². The summed E-state index contributed by atoms with van der Waals surface area (Å²) in [7, 11) is 1.70. The predicted molar refractivity (Wildman–Crippen MR) is 56.4 cm³/mol. The quantitative estimate of drug-likeness (QED) is 0.805. The fraction of sp³-hybridized carbons (Fsp3) is 0.400. The summed E-state index contributed by atoms with van der Waals surface area (Å²) in [6, 6.07) is 7.65. The molecule has 72 valence electrons. The third-order valence-electron chi connectivity index (χ3n) is 1.82. The molecule has 0 radical (unpaired) electrons. The average molecular weight is 200 g/mol. The van der Waals surface area contributed by atoms with Crippen molar-refractivity contribution in [3.8, 4) is 0 Å². The van der Waals surface area contributed by atoms with Gasteiger partial charge in [0.2, 0.25) is 0 Å². The first-order chi connectivity index (χ1) is 6.22. The Bertz CT molecular complexity index is 265. The SMILES string of the molecule is COC(C)CNc1cccc(Cl)c1. The molecule has 3 heteroatoms. The van der Waals surface area contributed by atoms with Gasteiger partial charge in [-0.15, -0.1) is 0 Å². The Labute approximate surface area is 83.9 Å². The molecule has 0 heterocycles. The first-order valence-electron chi connectivity index (χ1n) is 4.24. The minimum absolute atomic E-state index is 0.207. The van der Waals surface area contributed by atoms with Crippen LogP contribution in [0.25, 0.3) is 0 Å². The normalized spacial score (nSPS) is 12.5. The molecule has 0 saturated carbocycles. The van der Waals surface area contributed by atoms with Crippen LogP contribution in [0.15, 0.2) is 24.3 Å². The lowest BCUT2D eigenvalue weighted by molar-refractivity contribution is 0.129. The fourth-order valence-electron chi connectivity index (χ4n) is 0.943. The van der Waals surface area contributed by atoms with E-state index in [0.29, 0.717) is 0 Å². The second-order valence-electron chi connectivity index (χ2n) is 2.94. The molecular formula is C10H14ClNO. The molecule has 0 saturated heterocycles. The van der Waals surface area contributed by atoms with Crippen LogP contribution in [0.5, 0.6) is 0 Å². The maximum absolute atomic E-state index is 5.82. The van der Waals surface area contributed by atoms with Gasteiger partial charge in [0.1, 0.15) is 0 Å². The van der Waals surface area contributed by atoms with Crippen LogP contribution >= 0.6 is 11.6 Å². The van der Waals surface area contributed by atoms with Crippen molar-refractivity contribution in [3.63, 3.8) is 0 Å². The van der Waals surface area contributed by atoms with E-state index in [9.17, 15) is 0 Å². The topological polar surface area (TPSA) is 21.3 Å². The van der Waals surface area contributed by atoms with Gasteiger partial charge in [0, 0.05) is 24.4 Å². The monoisotopic (exact) mass is 199 g/mol. The number of nitrogens with one attached hydrogen (secondary N) is 1. The van der Waals surface area contributed by atoms with Gasteiger partial charge in [-0.25, -0.2) is 0 Å². The molecule has 0 aliphatic carbocycles. The summed E-state index contributed by atoms with van der Waals surface area (Å²) in [5, 5.41) is 3.97. The van der Waals surface area contributed by atoms with Crippen LogP contribution in [0.4, 0.5) is 5.69 Å². The van der Waals surface area contributed by atoms with Crippen molar-refractivity contribution in [2.24, 2.45) is 0 Å². The summed E-state index contributed by atoms with van der Waals surface area (Å²) in [4.78, 5) is 0. The highest BCUT2D eigenvalue weighted by molar-refractivity contribution is 6.30. The molecule has 0 aliphatic rings. The van der Waals surface area contributed by atoms with E-state index in [1.54, 1.807) is 7.11 Å². The summed E-state index contributed by atoms with van der Waals surface area (Å²) < 4.78 is 5.11. The largest absolute Gasteiger partial charge is 0.382 e. The lowest BCUT2D eigenvalue weighted by Gasteiger charge is -2.11. The van der Waals surface area contributed by atoms with Gasteiger partial charge in [0.15, 0.2) is 0 Å². The minimum Gasteiger partial charge on any atom is -0.382 e. The molecule has 0 spiro atoms. The molecule has 0 fully saturated rings. The Morgan fingerprint density at radius 3 is 2.92 bits per heavy atom. The molecule has 1 unspecified atom stereocenters. The molecule has 2 nitrogen and oxygen atoms in total. The molecule has 1 atom stereocenters. The van der Waals surface area contributed by atoms with Gasteiger partial charge in [-0.05, 0) is 25.1 Å². The second kappa shape index (κ2) is 5.10. The maximum atomic E-state index is 5.82. The van der Waals surface area contributed by atoms with Crippen molar-refractivity contribution >= 4 is 17.3 Å². The van der Waals surface area contributed by atoms with Gasteiger partial charge in [0.25, 0.3) is 0 Å². The molecule has 0 amide bonds. The van der Waals surface area contributed by atoms with E-state index in [1.165, 1.54) is 0 Å². The number of halogens is 1. The van der Waals surface area contributed by atoms with Crippen LogP contribution in [0.1, 0.15) is 6.92 Å². The molecule has 1 aromatic rings. The van der Waals surface area contributed by atoms with Crippen molar-refractivity contribution < 1.29 is 4.74 Å². The van der Waals surface area contributed by atoms with Gasteiger partial charge in [-0.3, -0.25) is 0 Å². The van der Waals surface area contributed by atoms with Crippen molar-refractivity contribution in [1.82, 2.24) is 0 Å². The van der Waals surface area contributed by atoms with E-state index in [1.807, 2.05) is 31.2 Å². The lowest BCUT2D eigenvalue weighted by Crippen LogP contribution is -2.17. The van der Waals surface area contributed by atoms with Crippen molar-refractivity contribution in [2.75, 3.05) is 19.0 Å². The van der Waals surface area contributed by atoms with E-state index < -0.39 is 0 Å². The average Bonchev–Trinajstić information content (AvgIpc) is 2.14. The third kappa shape index (κ3) is 3.66. The summed E-state index contributed by atoms with van der Waals surface area (Å²) in [6.45, 7) is 2.80. The van der Waals surface area contributed by atoms with E-state index in [4.69, 9.17) is 16.3 Å². The summed E-state index contributed by atoms with van der Waals surface area (Å²) in [6.07, 6.45) is 0.207. The Morgan fingerprint density at radius 1 is 1.54 bits per heavy atom. The summed E-state index contributed by atoms with van der Waals surface area (Å²) >= 11 is 5.82. The van der Waals surface area contributed by atoms with Gasteiger partial charge in [0.05, 0.1) is 6.10 Å². The zero-order valence-electron chi connectivity index (χ0n) is 7.88. The van der Waals surface area contributed by atoms with E-state index in [2.05, 4.69) is 5.32 Å². The predicted octanol–water partition coefficient (Wildman–Crippen LogP) is 2.79. The van der Waals surface area contributed by atoms with E-state index in [-0.39, 0.29) is 6.10 Å². The number of rotatable bonds is 4. The highest BCUT2D eigenvalue weighted by Gasteiger charge is 1.98. The third-order valence-corrected chi connectivity index (χ3v) is 2.06. The number of methoxy groups -OCH3 is 1. The van der Waals surface area contributed by atoms with Gasteiger partial charge in [-0.2, -0.15) is 0 Å². The van der Waals surface area contributed by atoms with Crippen LogP contribution in [-0.2, 0) is 4.74 Å². The minimum atomic E-state index is 0.207. The first kappa shape index (κ1) is 10.4. The molecule has 1 N–H and O–H groups in total. The molecular weight excluding hydrogens is 186 g/mol. The molecule has 0 aromatic heterocycles. The Morgan fingerprint density at radius 2 is 2.31 bits per heavy atom. The Hall–Kier alpha value is -0.730. The standard InChI is InChI=1S/C10H14ClNO/c1-8(13-2)7-12-10-5-3-4-9(11)6-10/h3-6,8,12H,7H2,1-2H3. The smallest absolute Gasteiger partial charge is 0.0715 e. The Balaban J connectivity index is 2.45. The number of anilines is 1. The molecule has 1 aromatic carbocycles. The number of hydrogen-bond donors (Lipinski definition) is 1. The zero-order valence-corrected chi connectivity index (χ0v) is 8.64. The van der Waals surface area contributed by atoms with E-state index in [0.717, 1.165) is 17.3 Å². The van der Waals surface area contributed by atoms with Gasteiger partial charge >= 0.3 is 0 Å². The molecule has 0 bridgehead atoms.